The Balaban J connectivity index is 2.26. The smallest absolute Gasteiger partial charge is 0.119 e. The number of phenols is 1. The Morgan fingerprint density at radius 2 is 2.31 bits per heavy atom. The average Bonchev–Trinajstić information content (AvgIpc) is 2.57. The van der Waals surface area contributed by atoms with Crippen LogP contribution in [0.3, 0.4) is 0 Å². The first-order chi connectivity index (χ1) is 6.36. The number of phenolic OH excluding ortho intramolecular Hbond substituents is 1. The van der Waals surface area contributed by atoms with Crippen molar-refractivity contribution in [1.29, 1.82) is 0 Å². The van der Waals surface area contributed by atoms with Crippen LogP contribution in [0.15, 0.2) is 12.1 Å². The van der Waals surface area contributed by atoms with Gasteiger partial charge in [0.1, 0.15) is 5.75 Å². The number of hydrogen-bond donors (Lipinski definition) is 2. The van der Waals surface area contributed by atoms with Gasteiger partial charge in [0.15, 0.2) is 0 Å². The van der Waals surface area contributed by atoms with Gasteiger partial charge in [-0.2, -0.15) is 0 Å². The molecule has 1 unspecified atom stereocenters. The Kier molecular flexibility index (Phi) is 1.34. The fourth-order valence-corrected chi connectivity index (χ4v) is 2.64. The van der Waals surface area contributed by atoms with Crippen LogP contribution in [0.5, 0.6) is 5.75 Å². The molecule has 3 rings (SSSR count). The van der Waals surface area contributed by atoms with Crippen LogP contribution in [0, 0.1) is 0 Å². The highest BCUT2D eigenvalue weighted by atomic mass is 16.3. The molecule has 0 bridgehead atoms. The third-order valence-electron chi connectivity index (χ3n) is 3.26. The zero-order chi connectivity index (χ0) is 8.84. The van der Waals surface area contributed by atoms with E-state index in [4.69, 9.17) is 0 Å². The minimum atomic E-state index is 0.493. The monoisotopic (exact) mass is 175 g/mol. The van der Waals surface area contributed by atoms with Crippen LogP contribution >= 0.6 is 0 Å². The van der Waals surface area contributed by atoms with Gasteiger partial charge < -0.3 is 10.4 Å². The van der Waals surface area contributed by atoms with E-state index in [1.807, 2.05) is 12.1 Å². The lowest BCUT2D eigenvalue weighted by Gasteiger charge is -2.20. The summed E-state index contributed by atoms with van der Waals surface area (Å²) < 4.78 is 0. The molecule has 1 aromatic carbocycles. The van der Waals surface area contributed by atoms with Crippen LogP contribution in [0.2, 0.25) is 0 Å². The number of nitrogens with one attached hydrogen (secondary N) is 1. The molecule has 0 fully saturated rings. The molecule has 13 heavy (non-hydrogen) atoms. The minimum Gasteiger partial charge on any atom is -0.508 e. The van der Waals surface area contributed by atoms with Crippen LogP contribution in [-0.4, -0.2) is 11.7 Å². The van der Waals surface area contributed by atoms with Crippen LogP contribution in [0.4, 0.5) is 5.69 Å². The van der Waals surface area contributed by atoms with Crippen LogP contribution in [0.1, 0.15) is 29.9 Å². The standard InChI is InChI=1S/C11H13NO/c13-10-5-4-9-11-7(6-12-9)2-1-3-8(10)11/h4-5,7,12-13H,1-3,6H2. The van der Waals surface area contributed by atoms with E-state index >= 15 is 0 Å². The number of aromatic hydroxyl groups is 1. The molecule has 1 aliphatic carbocycles. The maximum atomic E-state index is 9.70. The first-order valence-corrected chi connectivity index (χ1v) is 4.95. The van der Waals surface area contributed by atoms with Crippen molar-refractivity contribution < 1.29 is 5.11 Å². The Morgan fingerprint density at radius 1 is 1.38 bits per heavy atom. The van der Waals surface area contributed by atoms with Gasteiger partial charge in [-0.1, -0.05) is 0 Å². The highest BCUT2D eigenvalue weighted by Gasteiger charge is 2.29. The van der Waals surface area contributed by atoms with Gasteiger partial charge in [-0.3, -0.25) is 0 Å². The molecule has 0 aromatic heterocycles. The first kappa shape index (κ1) is 7.25. The van der Waals surface area contributed by atoms with Gasteiger partial charge in [0, 0.05) is 18.2 Å². The van der Waals surface area contributed by atoms with Crippen molar-refractivity contribution in [3.63, 3.8) is 0 Å². The van der Waals surface area contributed by atoms with Crippen molar-refractivity contribution in [2.75, 3.05) is 11.9 Å². The normalized spacial score (nSPS) is 23.8. The summed E-state index contributed by atoms with van der Waals surface area (Å²) in [5.41, 5.74) is 3.84. The molecular formula is C11H13NO. The highest BCUT2D eigenvalue weighted by Crippen LogP contribution is 2.44. The molecule has 0 saturated heterocycles. The fourth-order valence-electron chi connectivity index (χ4n) is 2.64. The lowest BCUT2D eigenvalue weighted by atomic mass is 9.84. The van der Waals surface area contributed by atoms with E-state index in [9.17, 15) is 5.11 Å². The molecule has 2 aliphatic rings. The largest absolute Gasteiger partial charge is 0.508 e. The summed E-state index contributed by atoms with van der Waals surface area (Å²) in [7, 11) is 0. The summed E-state index contributed by atoms with van der Waals surface area (Å²) in [4.78, 5) is 0. The lowest BCUT2D eigenvalue weighted by Crippen LogP contribution is -2.08. The molecule has 2 nitrogen and oxygen atoms in total. The summed E-state index contributed by atoms with van der Waals surface area (Å²) in [5, 5.41) is 13.1. The van der Waals surface area contributed by atoms with E-state index in [1.165, 1.54) is 29.7 Å². The van der Waals surface area contributed by atoms with Crippen molar-refractivity contribution in [3.8, 4) is 5.75 Å². The maximum Gasteiger partial charge on any atom is 0.119 e. The second-order valence-electron chi connectivity index (χ2n) is 3.99. The second kappa shape index (κ2) is 2.41. The molecule has 1 aromatic rings. The van der Waals surface area contributed by atoms with E-state index in [0.717, 1.165) is 13.0 Å². The zero-order valence-electron chi connectivity index (χ0n) is 7.51. The van der Waals surface area contributed by atoms with Gasteiger partial charge >= 0.3 is 0 Å². The van der Waals surface area contributed by atoms with Gasteiger partial charge in [-0.25, -0.2) is 0 Å². The number of rotatable bonds is 0. The third kappa shape index (κ3) is 0.886. The van der Waals surface area contributed by atoms with E-state index in [-0.39, 0.29) is 0 Å². The van der Waals surface area contributed by atoms with Gasteiger partial charge in [0.25, 0.3) is 0 Å². The second-order valence-corrected chi connectivity index (χ2v) is 3.99. The molecule has 2 N–H and O–H groups in total. The molecule has 2 heteroatoms. The summed E-state index contributed by atoms with van der Waals surface area (Å²) in [6, 6.07) is 3.81. The predicted molar refractivity (Wildman–Crippen MR) is 52.3 cm³/mol. The van der Waals surface area contributed by atoms with Crippen molar-refractivity contribution in [1.82, 2.24) is 0 Å². The van der Waals surface area contributed by atoms with Gasteiger partial charge in [0.2, 0.25) is 0 Å². The van der Waals surface area contributed by atoms with E-state index in [2.05, 4.69) is 5.32 Å². The molecule has 0 saturated carbocycles. The van der Waals surface area contributed by atoms with Crippen LogP contribution < -0.4 is 5.32 Å². The Labute approximate surface area is 77.6 Å². The SMILES string of the molecule is Oc1ccc2c3c1CCCC3CN2. The average molecular weight is 175 g/mol. The van der Waals surface area contributed by atoms with Crippen molar-refractivity contribution >= 4 is 5.69 Å². The first-order valence-electron chi connectivity index (χ1n) is 4.95. The van der Waals surface area contributed by atoms with Crippen LogP contribution in [0.25, 0.3) is 0 Å². The van der Waals surface area contributed by atoms with Crippen molar-refractivity contribution in [2.24, 2.45) is 0 Å². The molecule has 1 atom stereocenters. The quantitative estimate of drug-likeness (QED) is 0.593. The number of hydrogen-bond acceptors (Lipinski definition) is 2. The number of benzene rings is 1. The summed E-state index contributed by atoms with van der Waals surface area (Å²) in [6.45, 7) is 1.06. The third-order valence-corrected chi connectivity index (χ3v) is 3.26. The van der Waals surface area contributed by atoms with Gasteiger partial charge in [0.05, 0.1) is 0 Å². The van der Waals surface area contributed by atoms with Gasteiger partial charge in [-0.15, -0.1) is 0 Å². The van der Waals surface area contributed by atoms with E-state index in [1.54, 1.807) is 0 Å². The maximum absolute atomic E-state index is 9.70. The van der Waals surface area contributed by atoms with E-state index < -0.39 is 0 Å². The zero-order valence-corrected chi connectivity index (χ0v) is 7.51. The molecule has 1 aliphatic heterocycles. The van der Waals surface area contributed by atoms with Gasteiger partial charge in [-0.05, 0) is 42.5 Å². The molecule has 0 amide bonds. The predicted octanol–water partition coefficient (Wildman–Crippen LogP) is 2.24. The van der Waals surface area contributed by atoms with E-state index in [0.29, 0.717) is 11.7 Å². The lowest BCUT2D eigenvalue weighted by molar-refractivity contribution is 0.458. The Morgan fingerprint density at radius 3 is 3.23 bits per heavy atom. The number of anilines is 1. The molecule has 0 spiro atoms. The topological polar surface area (TPSA) is 32.3 Å². The molecule has 1 heterocycles. The van der Waals surface area contributed by atoms with Crippen molar-refractivity contribution in [2.45, 2.75) is 25.2 Å². The highest BCUT2D eigenvalue weighted by molar-refractivity contribution is 5.65. The molecular weight excluding hydrogens is 162 g/mol. The summed E-state index contributed by atoms with van der Waals surface area (Å²) in [5.74, 6) is 1.15. The van der Waals surface area contributed by atoms with Crippen LogP contribution in [-0.2, 0) is 6.42 Å². The van der Waals surface area contributed by atoms with Crippen molar-refractivity contribution in [3.05, 3.63) is 23.3 Å². The Bertz CT molecular complexity index is 359. The molecule has 68 valence electrons. The molecule has 0 radical (unpaired) electrons. The summed E-state index contributed by atoms with van der Waals surface area (Å²) >= 11 is 0. The fraction of sp³-hybridized carbons (Fsp3) is 0.455. The Hall–Kier alpha value is -1.18. The summed E-state index contributed by atoms with van der Waals surface area (Å²) in [6.07, 6.45) is 3.54. The minimum absolute atomic E-state index is 0.493.